The number of aromatic nitrogens is 2. The molecule has 0 fully saturated rings. The number of aryl methyl sites for hydroxylation is 1. The average molecular weight is 344 g/mol. The molecule has 104 valence electrons. The molecule has 1 heterocycles. The number of halogens is 2. The Hall–Kier alpha value is -0.540. The number of hydrogen-bond acceptors (Lipinski definition) is 1. The Morgan fingerprint density at radius 3 is 2.68 bits per heavy atom. The van der Waals surface area contributed by atoms with E-state index in [1.807, 2.05) is 19.1 Å². The third-order valence-corrected chi connectivity index (χ3v) is 3.95. The summed E-state index contributed by atoms with van der Waals surface area (Å²) in [6.45, 7) is 7.48. The van der Waals surface area contributed by atoms with Gasteiger partial charge in [-0.1, -0.05) is 29.8 Å². The van der Waals surface area contributed by atoms with Crippen molar-refractivity contribution in [1.29, 1.82) is 0 Å². The molecule has 1 unspecified atom stereocenters. The summed E-state index contributed by atoms with van der Waals surface area (Å²) in [5.74, 6) is 1.71. The average Bonchev–Trinajstić information content (AvgIpc) is 2.67. The van der Waals surface area contributed by atoms with Crippen LogP contribution in [-0.4, -0.2) is 9.55 Å². The summed E-state index contributed by atoms with van der Waals surface area (Å²) in [6.07, 6.45) is 2.38. The van der Waals surface area contributed by atoms with Crippen LogP contribution in [0.4, 0.5) is 0 Å². The summed E-state index contributed by atoms with van der Waals surface area (Å²) in [7, 11) is 0. The van der Waals surface area contributed by atoms with Crippen molar-refractivity contribution in [2.24, 2.45) is 5.92 Å². The van der Waals surface area contributed by atoms with E-state index >= 15 is 0 Å². The molecular weight excluding hydrogens is 324 g/mol. The second-order valence-corrected chi connectivity index (χ2v) is 6.98. The number of hydrogen-bond donors (Lipinski definition) is 0. The van der Waals surface area contributed by atoms with Crippen molar-refractivity contribution >= 4 is 38.6 Å². The highest BCUT2D eigenvalue weighted by atomic mass is 79.9. The van der Waals surface area contributed by atoms with Crippen molar-refractivity contribution in [3.05, 3.63) is 28.5 Å². The fourth-order valence-electron chi connectivity index (χ4n) is 2.31. The van der Waals surface area contributed by atoms with Crippen LogP contribution in [0.25, 0.3) is 11.0 Å². The van der Waals surface area contributed by atoms with E-state index in [0.717, 1.165) is 34.7 Å². The maximum absolute atomic E-state index is 6.27. The molecule has 2 rings (SSSR count). The first kappa shape index (κ1) is 14.9. The normalized spacial score (nSPS) is 13.4. The van der Waals surface area contributed by atoms with Crippen LogP contribution in [0.15, 0.2) is 22.7 Å². The van der Waals surface area contributed by atoms with Crippen LogP contribution >= 0.6 is 27.5 Å². The van der Waals surface area contributed by atoms with Crippen LogP contribution in [0.2, 0.25) is 0 Å². The zero-order valence-electron chi connectivity index (χ0n) is 11.7. The highest BCUT2D eigenvalue weighted by Crippen LogP contribution is 2.27. The van der Waals surface area contributed by atoms with Gasteiger partial charge in [0.25, 0.3) is 0 Å². The van der Waals surface area contributed by atoms with E-state index in [4.69, 9.17) is 11.6 Å². The molecule has 0 saturated carbocycles. The van der Waals surface area contributed by atoms with Crippen LogP contribution in [0, 0.1) is 5.92 Å². The molecule has 2 nitrogen and oxygen atoms in total. The van der Waals surface area contributed by atoms with Crippen molar-refractivity contribution < 1.29 is 0 Å². The minimum atomic E-state index is -0.0646. The fraction of sp³-hybridized carbons (Fsp3) is 0.533. The lowest BCUT2D eigenvalue weighted by Gasteiger charge is -2.11. The number of alkyl halides is 1. The number of rotatable bonds is 5. The molecule has 0 N–H and O–H groups in total. The smallest absolute Gasteiger partial charge is 0.127 e. The third-order valence-electron chi connectivity index (χ3n) is 3.26. The molecule has 0 aliphatic rings. The van der Waals surface area contributed by atoms with Gasteiger partial charge in [0.1, 0.15) is 5.82 Å². The van der Waals surface area contributed by atoms with Gasteiger partial charge in [0.05, 0.1) is 16.4 Å². The Morgan fingerprint density at radius 2 is 2.05 bits per heavy atom. The van der Waals surface area contributed by atoms with Crippen LogP contribution < -0.4 is 0 Å². The van der Waals surface area contributed by atoms with Gasteiger partial charge in [-0.3, -0.25) is 0 Å². The largest absolute Gasteiger partial charge is 0.327 e. The Kier molecular flexibility index (Phi) is 4.91. The Balaban J connectivity index is 2.36. The van der Waals surface area contributed by atoms with E-state index in [1.165, 1.54) is 11.9 Å². The summed E-state index contributed by atoms with van der Waals surface area (Å²) in [4.78, 5) is 4.66. The zero-order valence-corrected chi connectivity index (χ0v) is 14.0. The van der Waals surface area contributed by atoms with Crippen LogP contribution in [-0.2, 0) is 6.54 Å². The summed E-state index contributed by atoms with van der Waals surface area (Å²) in [6, 6.07) is 6.19. The first-order valence-corrected chi connectivity index (χ1v) is 8.01. The molecule has 0 aliphatic heterocycles. The second-order valence-electron chi connectivity index (χ2n) is 5.41. The van der Waals surface area contributed by atoms with E-state index in [9.17, 15) is 0 Å². The van der Waals surface area contributed by atoms with Gasteiger partial charge in [-0.15, -0.1) is 11.6 Å². The standard InChI is InChI=1S/C15H20BrClN2/c1-10(2)5-4-8-19-14-9-12(16)6-7-13(14)18-15(19)11(3)17/h6-7,9-11H,4-5,8H2,1-3H3. The number of nitrogens with zero attached hydrogens (tertiary/aromatic N) is 2. The van der Waals surface area contributed by atoms with Gasteiger partial charge in [-0.05, 0) is 43.9 Å². The lowest BCUT2D eigenvalue weighted by atomic mass is 10.1. The maximum atomic E-state index is 6.27. The monoisotopic (exact) mass is 342 g/mol. The van der Waals surface area contributed by atoms with Gasteiger partial charge < -0.3 is 4.57 Å². The molecule has 1 atom stereocenters. The van der Waals surface area contributed by atoms with Crippen LogP contribution in [0.1, 0.15) is 44.8 Å². The Labute approximate surface area is 128 Å². The maximum Gasteiger partial charge on any atom is 0.127 e. The molecule has 1 aromatic carbocycles. The molecule has 0 radical (unpaired) electrons. The topological polar surface area (TPSA) is 17.8 Å². The van der Waals surface area contributed by atoms with E-state index in [2.05, 4.69) is 45.4 Å². The summed E-state index contributed by atoms with van der Waals surface area (Å²) < 4.78 is 3.35. The van der Waals surface area contributed by atoms with E-state index in [-0.39, 0.29) is 5.38 Å². The van der Waals surface area contributed by atoms with Crippen molar-refractivity contribution in [2.75, 3.05) is 0 Å². The molecule has 4 heteroatoms. The van der Waals surface area contributed by atoms with E-state index in [1.54, 1.807) is 0 Å². The highest BCUT2D eigenvalue weighted by Gasteiger charge is 2.14. The molecule has 0 aliphatic carbocycles. The highest BCUT2D eigenvalue weighted by molar-refractivity contribution is 9.10. The van der Waals surface area contributed by atoms with Gasteiger partial charge in [-0.25, -0.2) is 4.98 Å². The minimum Gasteiger partial charge on any atom is -0.327 e. The van der Waals surface area contributed by atoms with Crippen LogP contribution in [0.3, 0.4) is 0 Å². The Bertz CT molecular complexity index is 561. The zero-order chi connectivity index (χ0) is 14.0. The van der Waals surface area contributed by atoms with Crippen molar-refractivity contribution in [1.82, 2.24) is 9.55 Å². The molecule has 1 aromatic heterocycles. The van der Waals surface area contributed by atoms with Crippen molar-refractivity contribution in [3.63, 3.8) is 0 Å². The van der Waals surface area contributed by atoms with Gasteiger partial charge in [0.2, 0.25) is 0 Å². The number of imidazole rings is 1. The predicted octanol–water partition coefficient (Wildman–Crippen LogP) is 5.53. The second kappa shape index (κ2) is 6.27. The lowest BCUT2D eigenvalue weighted by Crippen LogP contribution is -2.05. The predicted molar refractivity (Wildman–Crippen MR) is 85.8 cm³/mol. The van der Waals surface area contributed by atoms with E-state index in [0.29, 0.717) is 0 Å². The van der Waals surface area contributed by atoms with Crippen molar-refractivity contribution in [2.45, 2.75) is 45.5 Å². The minimum absolute atomic E-state index is 0.0646. The summed E-state index contributed by atoms with van der Waals surface area (Å²) in [5, 5.41) is -0.0646. The third kappa shape index (κ3) is 3.51. The SMILES string of the molecule is CC(C)CCCn1c(C(C)Cl)nc2ccc(Br)cc21. The molecule has 0 amide bonds. The fourth-order valence-corrected chi connectivity index (χ4v) is 2.83. The van der Waals surface area contributed by atoms with Gasteiger partial charge in [0.15, 0.2) is 0 Å². The molecule has 2 aromatic rings. The lowest BCUT2D eigenvalue weighted by molar-refractivity contribution is 0.509. The molecular formula is C15H20BrClN2. The van der Waals surface area contributed by atoms with Gasteiger partial charge in [0, 0.05) is 11.0 Å². The van der Waals surface area contributed by atoms with Crippen LogP contribution in [0.5, 0.6) is 0 Å². The summed E-state index contributed by atoms with van der Waals surface area (Å²) in [5.41, 5.74) is 2.19. The molecule has 0 bridgehead atoms. The number of fused-ring (bicyclic) bond motifs is 1. The molecule has 0 saturated heterocycles. The van der Waals surface area contributed by atoms with Gasteiger partial charge in [-0.2, -0.15) is 0 Å². The summed E-state index contributed by atoms with van der Waals surface area (Å²) >= 11 is 9.80. The molecule has 0 spiro atoms. The Morgan fingerprint density at radius 1 is 1.32 bits per heavy atom. The first-order valence-electron chi connectivity index (χ1n) is 6.78. The quantitative estimate of drug-likeness (QED) is 0.652. The first-order chi connectivity index (χ1) is 8.99. The number of benzene rings is 1. The molecule has 19 heavy (non-hydrogen) atoms. The van der Waals surface area contributed by atoms with Gasteiger partial charge >= 0.3 is 0 Å². The van der Waals surface area contributed by atoms with E-state index < -0.39 is 0 Å². The van der Waals surface area contributed by atoms with Crippen molar-refractivity contribution in [3.8, 4) is 0 Å².